The minimum absolute atomic E-state index is 0.213. The molecule has 0 spiro atoms. The van der Waals surface area contributed by atoms with Crippen LogP contribution in [-0.2, 0) is 19.1 Å². The van der Waals surface area contributed by atoms with Crippen molar-refractivity contribution in [3.05, 3.63) is 12.7 Å². The Hall–Kier alpha value is -2.28. The van der Waals surface area contributed by atoms with Crippen molar-refractivity contribution in [2.24, 2.45) is 11.8 Å². The summed E-state index contributed by atoms with van der Waals surface area (Å²) in [6.07, 6.45) is 39.8. The van der Waals surface area contributed by atoms with Gasteiger partial charge >= 0.3 is 11.9 Å². The van der Waals surface area contributed by atoms with E-state index in [1.54, 1.807) is 13.8 Å². The van der Waals surface area contributed by atoms with Gasteiger partial charge < -0.3 is 19.7 Å². The molecule has 0 unspecified atom stereocenters. The van der Waals surface area contributed by atoms with E-state index in [9.17, 15) is 19.8 Å². The summed E-state index contributed by atoms with van der Waals surface area (Å²) in [6.45, 7) is 9.54. The summed E-state index contributed by atoms with van der Waals surface area (Å²) >= 11 is 0. The van der Waals surface area contributed by atoms with Crippen LogP contribution in [0.25, 0.3) is 0 Å². The number of cyclic esters (lactones) is 2. The molecule has 6 atom stereocenters. The molecule has 2 saturated heterocycles. The number of aliphatic hydroxyl groups excluding tert-OH is 2. The molecule has 6 nitrogen and oxygen atoms in total. The summed E-state index contributed by atoms with van der Waals surface area (Å²) in [5.74, 6) is 12.3. The van der Waals surface area contributed by atoms with E-state index in [0.29, 0.717) is 0 Å². The Morgan fingerprint density at radius 1 is 0.482 bits per heavy atom. The number of ether oxygens (including phenoxy) is 2. The molecule has 2 heterocycles. The summed E-state index contributed by atoms with van der Waals surface area (Å²) < 4.78 is 10.1. The Labute approximate surface area is 345 Å². The maximum Gasteiger partial charge on any atom is 0.312 e. The second kappa shape index (κ2) is 37.0. The van der Waals surface area contributed by atoms with Crippen molar-refractivity contribution >= 4 is 11.9 Å². The molecule has 0 aromatic rings. The largest absolute Gasteiger partial charge is 0.460 e. The average molecular weight is 783 g/mol. The molecule has 0 saturated carbocycles. The molecule has 322 valence electrons. The van der Waals surface area contributed by atoms with Crippen molar-refractivity contribution in [3.63, 3.8) is 0 Å². The lowest BCUT2D eigenvalue weighted by Crippen LogP contribution is -2.24. The summed E-state index contributed by atoms with van der Waals surface area (Å²) in [5, 5.41) is 19.8. The average Bonchev–Trinajstić information content (AvgIpc) is 3.58. The molecule has 56 heavy (non-hydrogen) atoms. The van der Waals surface area contributed by atoms with Crippen molar-refractivity contribution in [2.45, 2.75) is 257 Å². The zero-order valence-corrected chi connectivity index (χ0v) is 36.6. The maximum absolute atomic E-state index is 11.6. The van der Waals surface area contributed by atoms with Crippen molar-refractivity contribution in [1.29, 1.82) is 0 Å². The molecule has 2 aliphatic rings. The summed E-state index contributed by atoms with van der Waals surface area (Å²) in [7, 11) is 0. The molecule has 0 radical (unpaired) electrons. The Morgan fingerprint density at radius 2 is 0.768 bits per heavy atom. The SMILES string of the molecule is C=CCCCCCCC#CCCCCCCCCCC[C@@H]1C(=O)O[C@H](C)[C@@H]1O.CCCCCCCCC#CCCCCCCCCCC[C@@H]1C(=O)O[C@H](C)[C@@H]1O. The highest BCUT2D eigenvalue weighted by atomic mass is 16.6. The Morgan fingerprint density at radius 3 is 1.05 bits per heavy atom. The lowest BCUT2D eigenvalue weighted by molar-refractivity contribution is -0.144. The number of carbonyl (C=O) groups is 2. The van der Waals surface area contributed by atoms with Crippen molar-refractivity contribution < 1.29 is 29.3 Å². The van der Waals surface area contributed by atoms with Gasteiger partial charge in [0.05, 0.1) is 11.8 Å². The topological polar surface area (TPSA) is 93.1 Å². The van der Waals surface area contributed by atoms with Crippen LogP contribution < -0.4 is 0 Å². The van der Waals surface area contributed by atoms with Gasteiger partial charge in [-0.15, -0.1) is 30.3 Å². The molecule has 0 aromatic heterocycles. The van der Waals surface area contributed by atoms with Gasteiger partial charge in [0, 0.05) is 25.7 Å². The zero-order valence-electron chi connectivity index (χ0n) is 36.6. The third-order valence-electron chi connectivity index (χ3n) is 11.5. The molecule has 2 N–H and O–H groups in total. The molecule has 0 aliphatic carbocycles. The smallest absolute Gasteiger partial charge is 0.312 e. The number of hydrogen-bond acceptors (Lipinski definition) is 6. The zero-order chi connectivity index (χ0) is 40.9. The van der Waals surface area contributed by atoms with Crippen LogP contribution in [0.3, 0.4) is 0 Å². The standard InChI is InChI=1S/C25H44O3.C25H42O3/c2*1-3-4-5-6-7-8-9-10-11-12-13-14-15-16-17-18-19-20-21-23-24(26)22(2)28-25(23)27/h22-24,26H,3-9,12-21H2,1-2H3;3,22-24,26H,1,4-9,12-21H2,2H3/t2*22-,23+,24+/m11/s1. The second-order valence-corrected chi connectivity index (χ2v) is 16.7. The van der Waals surface area contributed by atoms with Crippen LogP contribution in [0.5, 0.6) is 0 Å². The second-order valence-electron chi connectivity index (χ2n) is 16.7. The molecule has 2 aliphatic heterocycles. The first kappa shape index (κ1) is 51.7. The molecule has 0 aromatic carbocycles. The van der Waals surface area contributed by atoms with E-state index < -0.39 is 12.2 Å². The summed E-state index contributed by atoms with van der Waals surface area (Å²) in [4.78, 5) is 23.2. The lowest BCUT2D eigenvalue weighted by atomic mass is 9.95. The van der Waals surface area contributed by atoms with E-state index in [-0.39, 0.29) is 36.0 Å². The van der Waals surface area contributed by atoms with Crippen molar-refractivity contribution in [3.8, 4) is 23.7 Å². The van der Waals surface area contributed by atoms with E-state index in [2.05, 4.69) is 37.2 Å². The quantitative estimate of drug-likeness (QED) is 0.0305. The highest BCUT2D eigenvalue weighted by Gasteiger charge is 2.41. The third kappa shape index (κ3) is 27.4. The van der Waals surface area contributed by atoms with Crippen molar-refractivity contribution in [2.75, 3.05) is 0 Å². The number of hydrogen-bond donors (Lipinski definition) is 2. The van der Waals surface area contributed by atoms with Crippen LogP contribution in [0.1, 0.15) is 233 Å². The highest BCUT2D eigenvalue weighted by Crippen LogP contribution is 2.28. The van der Waals surface area contributed by atoms with Gasteiger partial charge in [0.25, 0.3) is 0 Å². The van der Waals surface area contributed by atoms with Crippen LogP contribution in [0.2, 0.25) is 0 Å². The van der Waals surface area contributed by atoms with Gasteiger partial charge in [0.15, 0.2) is 0 Å². The number of aliphatic hydroxyl groups is 2. The molecule has 0 bridgehead atoms. The minimum atomic E-state index is -0.613. The predicted octanol–water partition coefficient (Wildman–Crippen LogP) is 12.9. The van der Waals surface area contributed by atoms with Gasteiger partial charge in [-0.3, -0.25) is 9.59 Å². The minimum Gasteiger partial charge on any atom is -0.460 e. The summed E-state index contributed by atoms with van der Waals surface area (Å²) in [5.41, 5.74) is 0. The van der Waals surface area contributed by atoms with E-state index in [1.807, 2.05) is 6.08 Å². The van der Waals surface area contributed by atoms with Gasteiger partial charge in [0.2, 0.25) is 0 Å². The summed E-state index contributed by atoms with van der Waals surface area (Å²) in [6, 6.07) is 0. The molecule has 2 rings (SSSR count). The van der Waals surface area contributed by atoms with Crippen LogP contribution in [0.4, 0.5) is 0 Å². The predicted molar refractivity (Wildman–Crippen MR) is 234 cm³/mol. The fourth-order valence-electron chi connectivity index (χ4n) is 7.67. The first-order chi connectivity index (χ1) is 27.3. The Bertz CT molecular complexity index is 1090. The normalized spacial score (nSPS) is 21.3. The van der Waals surface area contributed by atoms with Gasteiger partial charge in [-0.05, 0) is 65.2 Å². The van der Waals surface area contributed by atoms with E-state index in [0.717, 1.165) is 70.6 Å². The van der Waals surface area contributed by atoms with Crippen LogP contribution in [0, 0.1) is 35.5 Å². The highest BCUT2D eigenvalue weighted by molar-refractivity contribution is 5.76. The first-order valence-corrected chi connectivity index (χ1v) is 23.6. The monoisotopic (exact) mass is 783 g/mol. The third-order valence-corrected chi connectivity index (χ3v) is 11.5. The molecule has 2 fully saturated rings. The number of rotatable bonds is 32. The fraction of sp³-hybridized carbons (Fsp3) is 0.840. The number of unbranched alkanes of at least 4 members (excludes halogenated alkanes) is 27. The van der Waals surface area contributed by atoms with E-state index in [4.69, 9.17) is 9.47 Å². The first-order valence-electron chi connectivity index (χ1n) is 23.6. The molecule has 6 heteroatoms. The van der Waals surface area contributed by atoms with Gasteiger partial charge in [-0.25, -0.2) is 0 Å². The van der Waals surface area contributed by atoms with Gasteiger partial charge in [0.1, 0.15) is 24.4 Å². The van der Waals surface area contributed by atoms with Gasteiger partial charge in [-0.1, -0.05) is 148 Å². The maximum atomic E-state index is 11.6. The number of esters is 2. The number of carbonyl (C=O) groups excluding carboxylic acids is 2. The van der Waals surface area contributed by atoms with Crippen molar-refractivity contribution in [1.82, 2.24) is 0 Å². The number of allylic oxidation sites excluding steroid dienone is 1. The lowest BCUT2D eigenvalue weighted by Gasteiger charge is -2.11. The Kier molecular flexibility index (Phi) is 34.2. The molecular formula is C50H86O6. The van der Waals surface area contributed by atoms with Crippen LogP contribution >= 0.6 is 0 Å². The fourth-order valence-corrected chi connectivity index (χ4v) is 7.67. The van der Waals surface area contributed by atoms with Crippen LogP contribution in [0.15, 0.2) is 12.7 Å². The Balaban J connectivity index is 0.000000560. The molecule has 0 amide bonds. The van der Waals surface area contributed by atoms with E-state index in [1.165, 1.54) is 141 Å². The molecular weight excluding hydrogens is 697 g/mol. The van der Waals surface area contributed by atoms with Gasteiger partial charge in [-0.2, -0.15) is 0 Å². The van der Waals surface area contributed by atoms with E-state index >= 15 is 0 Å². The van der Waals surface area contributed by atoms with Crippen LogP contribution in [-0.4, -0.2) is 46.6 Å².